The second kappa shape index (κ2) is 5.02. The molecular formula is C9H7BrFNO4. The Hall–Kier alpha value is -1.50. The molecule has 1 aromatic rings. The average molecular weight is 292 g/mol. The van der Waals surface area contributed by atoms with Crippen LogP contribution in [0.5, 0.6) is 0 Å². The number of hydrogen-bond acceptors (Lipinski definition) is 4. The van der Waals surface area contributed by atoms with E-state index < -0.39 is 22.3 Å². The van der Waals surface area contributed by atoms with E-state index in [1.807, 2.05) is 0 Å². The molecule has 0 fully saturated rings. The predicted molar refractivity (Wildman–Crippen MR) is 57.0 cm³/mol. The molecule has 0 atom stereocenters. The third kappa shape index (κ3) is 2.19. The third-order valence-electron chi connectivity index (χ3n) is 1.96. The van der Waals surface area contributed by atoms with Crippen molar-refractivity contribution < 1.29 is 18.8 Å². The molecule has 0 aromatic heterocycles. The molecule has 0 heterocycles. The van der Waals surface area contributed by atoms with Crippen LogP contribution in [0.3, 0.4) is 0 Å². The van der Waals surface area contributed by atoms with Gasteiger partial charge in [0.05, 0.1) is 17.6 Å². The molecule has 7 heteroatoms. The Balaban J connectivity index is 3.50. The van der Waals surface area contributed by atoms with E-state index in [1.165, 1.54) is 0 Å². The first kappa shape index (κ1) is 12.6. The van der Waals surface area contributed by atoms with Gasteiger partial charge in [0.2, 0.25) is 0 Å². The van der Waals surface area contributed by atoms with Crippen LogP contribution in [-0.2, 0) is 10.1 Å². The number of rotatable bonds is 3. The fourth-order valence-corrected chi connectivity index (χ4v) is 1.80. The third-order valence-corrected chi connectivity index (χ3v) is 2.52. The molecule has 0 bridgehead atoms. The van der Waals surface area contributed by atoms with Gasteiger partial charge in [-0.25, -0.2) is 9.18 Å². The second-order valence-electron chi connectivity index (χ2n) is 2.80. The number of halogens is 2. The number of benzene rings is 1. The predicted octanol–water partition coefficient (Wildman–Crippen LogP) is 2.42. The SMILES string of the molecule is COC(=O)c1c(F)ccc([N+](=O)[O-])c1CBr. The van der Waals surface area contributed by atoms with Crippen LogP contribution in [0.1, 0.15) is 15.9 Å². The average Bonchev–Trinajstić information content (AvgIpc) is 2.26. The van der Waals surface area contributed by atoms with E-state index in [0.717, 1.165) is 19.2 Å². The lowest BCUT2D eigenvalue weighted by molar-refractivity contribution is -0.385. The molecule has 16 heavy (non-hydrogen) atoms. The number of nitro groups is 1. The minimum atomic E-state index is -0.935. The molecule has 0 spiro atoms. The summed E-state index contributed by atoms with van der Waals surface area (Å²) in [4.78, 5) is 21.3. The Bertz CT molecular complexity index is 449. The monoisotopic (exact) mass is 291 g/mol. The highest BCUT2D eigenvalue weighted by molar-refractivity contribution is 9.08. The minimum absolute atomic E-state index is 0.00843. The number of nitrogens with zero attached hydrogens (tertiary/aromatic N) is 1. The van der Waals surface area contributed by atoms with E-state index in [0.29, 0.717) is 0 Å². The molecule has 0 amide bonds. The molecule has 0 unspecified atom stereocenters. The van der Waals surface area contributed by atoms with Gasteiger partial charge < -0.3 is 4.74 Å². The van der Waals surface area contributed by atoms with Gasteiger partial charge in [0.1, 0.15) is 11.4 Å². The van der Waals surface area contributed by atoms with E-state index in [-0.39, 0.29) is 16.6 Å². The summed E-state index contributed by atoms with van der Waals surface area (Å²) in [6.45, 7) is 0. The van der Waals surface area contributed by atoms with Crippen LogP contribution in [0, 0.1) is 15.9 Å². The molecular weight excluding hydrogens is 285 g/mol. The van der Waals surface area contributed by atoms with Crippen LogP contribution >= 0.6 is 15.9 Å². The number of hydrogen-bond donors (Lipinski definition) is 0. The van der Waals surface area contributed by atoms with Gasteiger partial charge in [-0.15, -0.1) is 0 Å². The maximum atomic E-state index is 13.4. The zero-order valence-corrected chi connectivity index (χ0v) is 9.78. The zero-order chi connectivity index (χ0) is 12.3. The number of esters is 1. The summed E-state index contributed by atoms with van der Waals surface area (Å²) in [6.07, 6.45) is 0. The van der Waals surface area contributed by atoms with Crippen molar-refractivity contribution >= 4 is 27.6 Å². The Morgan fingerprint density at radius 3 is 2.69 bits per heavy atom. The quantitative estimate of drug-likeness (QED) is 0.371. The Morgan fingerprint density at radius 2 is 2.25 bits per heavy atom. The molecule has 0 aliphatic rings. The van der Waals surface area contributed by atoms with E-state index in [1.54, 1.807) is 0 Å². The van der Waals surface area contributed by atoms with Gasteiger partial charge in [-0.2, -0.15) is 0 Å². The first-order valence-electron chi connectivity index (χ1n) is 4.13. The van der Waals surface area contributed by atoms with Crippen LogP contribution in [0.4, 0.5) is 10.1 Å². The first-order valence-corrected chi connectivity index (χ1v) is 5.25. The smallest absolute Gasteiger partial charge is 0.341 e. The summed E-state index contributed by atoms with van der Waals surface area (Å²) in [5.74, 6) is -1.78. The van der Waals surface area contributed by atoms with Gasteiger partial charge in [0.25, 0.3) is 5.69 Å². The molecule has 5 nitrogen and oxygen atoms in total. The van der Waals surface area contributed by atoms with Crippen LogP contribution in [-0.4, -0.2) is 18.0 Å². The molecule has 0 radical (unpaired) electrons. The zero-order valence-electron chi connectivity index (χ0n) is 8.20. The summed E-state index contributed by atoms with van der Waals surface area (Å²) >= 11 is 2.98. The molecule has 1 aromatic carbocycles. The lowest BCUT2D eigenvalue weighted by Gasteiger charge is -2.06. The van der Waals surface area contributed by atoms with Crippen molar-refractivity contribution in [2.24, 2.45) is 0 Å². The summed E-state index contributed by atoms with van der Waals surface area (Å²) in [7, 11) is 1.08. The molecule has 1 rings (SSSR count). The highest BCUT2D eigenvalue weighted by Crippen LogP contribution is 2.27. The number of alkyl halides is 1. The van der Waals surface area contributed by atoms with Crippen molar-refractivity contribution in [1.82, 2.24) is 0 Å². The van der Waals surface area contributed by atoms with Crippen LogP contribution in [0.25, 0.3) is 0 Å². The minimum Gasteiger partial charge on any atom is -0.465 e. The Morgan fingerprint density at radius 1 is 1.62 bits per heavy atom. The van der Waals surface area contributed by atoms with Crippen LogP contribution in [0.2, 0.25) is 0 Å². The number of ether oxygens (including phenoxy) is 1. The largest absolute Gasteiger partial charge is 0.465 e. The Kier molecular flexibility index (Phi) is 3.94. The van der Waals surface area contributed by atoms with Crippen molar-refractivity contribution in [3.63, 3.8) is 0 Å². The first-order chi connectivity index (χ1) is 7.52. The number of carbonyl (C=O) groups excluding carboxylic acids is 1. The summed E-state index contributed by atoms with van der Waals surface area (Å²) in [6, 6.07) is 1.88. The molecule has 0 saturated heterocycles. The maximum absolute atomic E-state index is 13.4. The molecule has 0 N–H and O–H groups in total. The fraction of sp³-hybridized carbons (Fsp3) is 0.222. The van der Waals surface area contributed by atoms with E-state index >= 15 is 0 Å². The van der Waals surface area contributed by atoms with Crippen LogP contribution in [0.15, 0.2) is 12.1 Å². The summed E-state index contributed by atoms with van der Waals surface area (Å²) in [5, 5.41) is 10.7. The molecule has 0 aliphatic carbocycles. The van der Waals surface area contributed by atoms with Crippen molar-refractivity contribution in [1.29, 1.82) is 0 Å². The van der Waals surface area contributed by atoms with Gasteiger partial charge in [-0.3, -0.25) is 10.1 Å². The Labute approximate surface area is 98.5 Å². The van der Waals surface area contributed by atoms with Crippen molar-refractivity contribution in [2.45, 2.75) is 5.33 Å². The second-order valence-corrected chi connectivity index (χ2v) is 3.36. The number of nitro benzene ring substituents is 1. The standard InChI is InChI=1S/C9H7BrFNO4/c1-16-9(13)8-5(4-10)7(12(14)15)3-2-6(8)11/h2-3H,4H2,1H3. The highest BCUT2D eigenvalue weighted by Gasteiger charge is 2.25. The van der Waals surface area contributed by atoms with Crippen molar-refractivity contribution in [3.05, 3.63) is 39.2 Å². The van der Waals surface area contributed by atoms with E-state index in [4.69, 9.17) is 0 Å². The van der Waals surface area contributed by atoms with Gasteiger partial charge >= 0.3 is 5.97 Å². The number of carbonyl (C=O) groups is 1. The van der Waals surface area contributed by atoms with Gasteiger partial charge in [0, 0.05) is 11.4 Å². The fourth-order valence-electron chi connectivity index (χ4n) is 1.24. The van der Waals surface area contributed by atoms with E-state index in [2.05, 4.69) is 20.7 Å². The topological polar surface area (TPSA) is 69.4 Å². The maximum Gasteiger partial charge on any atom is 0.341 e. The van der Waals surface area contributed by atoms with Crippen molar-refractivity contribution in [2.75, 3.05) is 7.11 Å². The molecule has 0 saturated carbocycles. The van der Waals surface area contributed by atoms with Gasteiger partial charge in [0.15, 0.2) is 0 Å². The normalized spacial score (nSPS) is 9.94. The van der Waals surface area contributed by atoms with E-state index in [9.17, 15) is 19.3 Å². The number of methoxy groups -OCH3 is 1. The lowest BCUT2D eigenvalue weighted by atomic mass is 10.1. The molecule has 86 valence electrons. The molecule has 0 aliphatic heterocycles. The van der Waals surface area contributed by atoms with Crippen LogP contribution < -0.4 is 0 Å². The van der Waals surface area contributed by atoms with Gasteiger partial charge in [-0.05, 0) is 6.07 Å². The lowest BCUT2D eigenvalue weighted by Crippen LogP contribution is -2.10. The highest BCUT2D eigenvalue weighted by atomic mass is 79.9. The van der Waals surface area contributed by atoms with Crippen molar-refractivity contribution in [3.8, 4) is 0 Å². The van der Waals surface area contributed by atoms with Gasteiger partial charge in [-0.1, -0.05) is 15.9 Å². The summed E-state index contributed by atoms with van der Waals surface area (Å²) in [5.41, 5.74) is -0.760. The summed E-state index contributed by atoms with van der Waals surface area (Å²) < 4.78 is 17.7.